The summed E-state index contributed by atoms with van der Waals surface area (Å²) in [5, 5.41) is 17.0. The van der Waals surface area contributed by atoms with Crippen molar-refractivity contribution in [3.8, 4) is 0 Å². The number of fused-ring (bicyclic) bond motifs is 1. The average Bonchev–Trinajstić information content (AvgIpc) is 2.28. The Labute approximate surface area is 35.4 Å². The SMILES string of the molecule is OC1C2C(O)C12. The van der Waals surface area contributed by atoms with E-state index >= 15 is 0 Å². The number of aliphatic hydroxyl groups excluding tert-OH is 2. The predicted molar refractivity (Wildman–Crippen MR) is 19.0 cm³/mol. The van der Waals surface area contributed by atoms with E-state index in [1.807, 2.05) is 0 Å². The highest BCUT2D eigenvalue weighted by molar-refractivity contribution is 5.21. The van der Waals surface area contributed by atoms with Crippen molar-refractivity contribution in [1.29, 1.82) is 0 Å². The van der Waals surface area contributed by atoms with Crippen LogP contribution in [0.2, 0.25) is 0 Å². The molecule has 0 heterocycles. The maximum absolute atomic E-state index is 8.50. The number of hydrogen-bond acceptors (Lipinski definition) is 2. The zero-order valence-corrected chi connectivity index (χ0v) is 3.20. The van der Waals surface area contributed by atoms with Crippen molar-refractivity contribution in [2.75, 3.05) is 0 Å². The summed E-state index contributed by atoms with van der Waals surface area (Å²) >= 11 is 0. The van der Waals surface area contributed by atoms with Crippen molar-refractivity contribution in [1.82, 2.24) is 0 Å². The lowest BCUT2D eigenvalue weighted by Gasteiger charge is -1.93. The highest BCUT2D eigenvalue weighted by Gasteiger charge is 2.73. The van der Waals surface area contributed by atoms with Gasteiger partial charge in [0.05, 0.1) is 12.2 Å². The smallest absolute Gasteiger partial charge is 0.0655 e. The van der Waals surface area contributed by atoms with Crippen molar-refractivity contribution < 1.29 is 10.2 Å². The lowest BCUT2D eigenvalue weighted by atomic mass is 10.3. The molecule has 2 nitrogen and oxygen atoms in total. The van der Waals surface area contributed by atoms with Crippen LogP contribution in [0.15, 0.2) is 0 Å². The van der Waals surface area contributed by atoms with Crippen molar-refractivity contribution >= 4 is 0 Å². The Morgan fingerprint density at radius 3 is 1.17 bits per heavy atom. The third kappa shape index (κ3) is 0.132. The van der Waals surface area contributed by atoms with Gasteiger partial charge in [0.2, 0.25) is 0 Å². The van der Waals surface area contributed by atoms with Crippen LogP contribution in [0, 0.1) is 11.8 Å². The topological polar surface area (TPSA) is 40.5 Å². The van der Waals surface area contributed by atoms with E-state index in [1.54, 1.807) is 0 Å². The molecule has 0 aromatic heterocycles. The van der Waals surface area contributed by atoms with E-state index in [-0.39, 0.29) is 12.2 Å². The van der Waals surface area contributed by atoms with Gasteiger partial charge in [-0.05, 0) is 0 Å². The fourth-order valence-corrected chi connectivity index (χ4v) is 0.942. The van der Waals surface area contributed by atoms with E-state index in [2.05, 4.69) is 0 Å². The second-order valence-electron chi connectivity index (χ2n) is 2.14. The summed E-state index contributed by atoms with van der Waals surface area (Å²) in [5.74, 6) is 0.593. The molecule has 0 atom stereocenters. The Bertz CT molecular complexity index is 71.5. The molecular formula is C4H6O2. The number of rotatable bonds is 0. The van der Waals surface area contributed by atoms with Crippen LogP contribution in [0.5, 0.6) is 0 Å². The van der Waals surface area contributed by atoms with Gasteiger partial charge in [0.15, 0.2) is 0 Å². The molecule has 0 bridgehead atoms. The van der Waals surface area contributed by atoms with Crippen LogP contribution in [0.1, 0.15) is 0 Å². The first-order valence-electron chi connectivity index (χ1n) is 2.18. The fourth-order valence-electron chi connectivity index (χ4n) is 0.942. The first-order chi connectivity index (χ1) is 2.82. The monoisotopic (exact) mass is 86.0 g/mol. The van der Waals surface area contributed by atoms with Crippen LogP contribution in [0.3, 0.4) is 0 Å². The van der Waals surface area contributed by atoms with Gasteiger partial charge >= 0.3 is 0 Å². The van der Waals surface area contributed by atoms with Crippen molar-refractivity contribution in [2.24, 2.45) is 11.8 Å². The molecule has 2 fully saturated rings. The lowest BCUT2D eigenvalue weighted by Crippen LogP contribution is -2.07. The summed E-state index contributed by atoms with van der Waals surface area (Å²) in [5.41, 5.74) is 0. The molecule has 0 aliphatic heterocycles. The Balaban J connectivity index is 2.06. The van der Waals surface area contributed by atoms with Crippen LogP contribution in [-0.4, -0.2) is 22.4 Å². The molecule has 2 heteroatoms. The van der Waals surface area contributed by atoms with Crippen LogP contribution >= 0.6 is 0 Å². The standard InChI is InChI=1S/C4H6O2/c5-3-1-2(3)4(1)6/h1-6H. The maximum atomic E-state index is 8.50. The fraction of sp³-hybridized carbons (Fsp3) is 1.00. The molecule has 0 radical (unpaired) electrons. The van der Waals surface area contributed by atoms with E-state index in [1.165, 1.54) is 0 Å². The molecule has 2 aliphatic rings. The second-order valence-corrected chi connectivity index (χ2v) is 2.14. The molecule has 2 saturated carbocycles. The van der Waals surface area contributed by atoms with Gasteiger partial charge in [0.1, 0.15) is 0 Å². The largest absolute Gasteiger partial charge is 0.392 e. The summed E-state index contributed by atoms with van der Waals surface area (Å²) in [6, 6.07) is 0. The van der Waals surface area contributed by atoms with Crippen LogP contribution < -0.4 is 0 Å². The second kappa shape index (κ2) is 0.532. The highest BCUT2D eigenvalue weighted by atomic mass is 16.3. The Morgan fingerprint density at radius 2 is 1.17 bits per heavy atom. The normalized spacial score (nSPS) is 73.0. The van der Waals surface area contributed by atoms with Gasteiger partial charge in [-0.25, -0.2) is 0 Å². The van der Waals surface area contributed by atoms with Crippen LogP contribution in [0.4, 0.5) is 0 Å². The molecule has 2 aliphatic carbocycles. The summed E-state index contributed by atoms with van der Waals surface area (Å²) in [6.45, 7) is 0. The first-order valence-corrected chi connectivity index (χ1v) is 2.18. The minimum atomic E-state index is -0.125. The van der Waals surface area contributed by atoms with E-state index in [0.29, 0.717) is 11.8 Å². The summed E-state index contributed by atoms with van der Waals surface area (Å²) < 4.78 is 0. The molecule has 34 valence electrons. The molecule has 0 aromatic rings. The minimum Gasteiger partial charge on any atom is -0.392 e. The highest BCUT2D eigenvalue weighted by Crippen LogP contribution is 2.62. The molecule has 2 rings (SSSR count). The molecule has 2 N–H and O–H groups in total. The van der Waals surface area contributed by atoms with Gasteiger partial charge in [-0.15, -0.1) is 0 Å². The van der Waals surface area contributed by atoms with Crippen molar-refractivity contribution in [3.05, 3.63) is 0 Å². The summed E-state index contributed by atoms with van der Waals surface area (Å²) in [6.07, 6.45) is -0.250. The number of aliphatic hydroxyl groups is 2. The van der Waals surface area contributed by atoms with Gasteiger partial charge in [-0.3, -0.25) is 0 Å². The van der Waals surface area contributed by atoms with Crippen LogP contribution in [0.25, 0.3) is 0 Å². The van der Waals surface area contributed by atoms with Gasteiger partial charge in [-0.1, -0.05) is 0 Å². The molecule has 0 saturated heterocycles. The molecule has 6 heavy (non-hydrogen) atoms. The maximum Gasteiger partial charge on any atom is 0.0655 e. The molecule has 0 spiro atoms. The summed E-state index contributed by atoms with van der Waals surface area (Å²) in [7, 11) is 0. The quantitative estimate of drug-likeness (QED) is 0.395. The molecule has 0 amide bonds. The average molecular weight is 86.1 g/mol. The van der Waals surface area contributed by atoms with E-state index in [9.17, 15) is 0 Å². The Morgan fingerprint density at radius 1 is 0.833 bits per heavy atom. The zero-order chi connectivity index (χ0) is 4.31. The minimum absolute atomic E-state index is 0.125. The zero-order valence-electron chi connectivity index (χ0n) is 3.20. The Hall–Kier alpha value is -0.0800. The third-order valence-electron chi connectivity index (χ3n) is 1.74. The van der Waals surface area contributed by atoms with Gasteiger partial charge < -0.3 is 10.2 Å². The molecular weight excluding hydrogens is 80.0 g/mol. The van der Waals surface area contributed by atoms with Gasteiger partial charge in [-0.2, -0.15) is 0 Å². The first kappa shape index (κ1) is 2.99. The van der Waals surface area contributed by atoms with E-state index < -0.39 is 0 Å². The number of hydrogen-bond donors (Lipinski definition) is 2. The summed E-state index contributed by atoms with van der Waals surface area (Å²) in [4.78, 5) is 0. The Kier molecular flexibility index (Phi) is 0.265. The predicted octanol–water partition coefficient (Wildman–Crippen LogP) is -1.03. The van der Waals surface area contributed by atoms with E-state index in [4.69, 9.17) is 10.2 Å². The lowest BCUT2D eigenvalue weighted by molar-refractivity contribution is 0.116. The molecule has 0 unspecified atom stereocenters. The van der Waals surface area contributed by atoms with Gasteiger partial charge in [0.25, 0.3) is 0 Å². The van der Waals surface area contributed by atoms with Crippen molar-refractivity contribution in [3.63, 3.8) is 0 Å². The molecule has 0 aromatic carbocycles. The van der Waals surface area contributed by atoms with Crippen molar-refractivity contribution in [2.45, 2.75) is 12.2 Å². The van der Waals surface area contributed by atoms with Crippen LogP contribution in [-0.2, 0) is 0 Å². The third-order valence-corrected chi connectivity index (χ3v) is 1.74. The van der Waals surface area contributed by atoms with Gasteiger partial charge in [0, 0.05) is 11.8 Å². The van der Waals surface area contributed by atoms with E-state index in [0.717, 1.165) is 0 Å².